The van der Waals surface area contributed by atoms with Gasteiger partial charge in [0.2, 0.25) is 0 Å². The highest BCUT2D eigenvalue weighted by Gasteiger charge is 1.98. The van der Waals surface area contributed by atoms with Crippen LogP contribution in [0.5, 0.6) is 0 Å². The zero-order valence-electron chi connectivity index (χ0n) is 9.03. The molecular formula is C13H16N2. The summed E-state index contributed by atoms with van der Waals surface area (Å²) >= 11 is 0. The van der Waals surface area contributed by atoms with Gasteiger partial charge in [0, 0.05) is 5.39 Å². The lowest BCUT2D eigenvalue weighted by Gasteiger charge is -2.03. The Morgan fingerprint density at radius 1 is 1.20 bits per heavy atom. The van der Waals surface area contributed by atoms with Crippen LogP contribution < -0.4 is 5.73 Å². The molecule has 0 atom stereocenters. The molecule has 1 aromatic carbocycles. The van der Waals surface area contributed by atoms with Gasteiger partial charge in [-0.25, -0.2) is 4.98 Å². The molecule has 0 radical (unpaired) electrons. The highest BCUT2D eigenvalue weighted by Crippen LogP contribution is 2.16. The Labute approximate surface area is 90.1 Å². The van der Waals surface area contributed by atoms with Gasteiger partial charge in [-0.15, -0.1) is 0 Å². The Balaban J connectivity index is 2.34. The molecule has 1 heterocycles. The van der Waals surface area contributed by atoms with Crippen molar-refractivity contribution < 1.29 is 0 Å². The summed E-state index contributed by atoms with van der Waals surface area (Å²) in [5.74, 6) is 0.587. The molecule has 2 heteroatoms. The fraction of sp³-hybridized carbons (Fsp3) is 0.308. The minimum absolute atomic E-state index is 0.587. The summed E-state index contributed by atoms with van der Waals surface area (Å²) in [7, 11) is 0. The zero-order chi connectivity index (χ0) is 10.7. The third-order valence-corrected chi connectivity index (χ3v) is 2.59. The SMILES string of the molecule is CCCCc1ccc2nc(N)ccc2c1. The van der Waals surface area contributed by atoms with Gasteiger partial charge >= 0.3 is 0 Å². The molecule has 2 rings (SSSR count). The third-order valence-electron chi connectivity index (χ3n) is 2.59. The number of benzene rings is 1. The molecule has 0 amide bonds. The number of nitrogen functional groups attached to an aromatic ring is 1. The van der Waals surface area contributed by atoms with E-state index in [1.54, 1.807) is 0 Å². The maximum Gasteiger partial charge on any atom is 0.124 e. The van der Waals surface area contributed by atoms with Gasteiger partial charge in [0.25, 0.3) is 0 Å². The Morgan fingerprint density at radius 2 is 2.07 bits per heavy atom. The summed E-state index contributed by atoms with van der Waals surface area (Å²) in [6, 6.07) is 10.3. The zero-order valence-corrected chi connectivity index (χ0v) is 9.03. The van der Waals surface area contributed by atoms with Crippen molar-refractivity contribution in [1.29, 1.82) is 0 Å². The maximum absolute atomic E-state index is 5.63. The number of anilines is 1. The van der Waals surface area contributed by atoms with Crippen LogP contribution in [0.2, 0.25) is 0 Å². The van der Waals surface area contributed by atoms with Crippen molar-refractivity contribution in [2.75, 3.05) is 5.73 Å². The minimum Gasteiger partial charge on any atom is -0.384 e. The van der Waals surface area contributed by atoms with E-state index in [1.807, 2.05) is 12.1 Å². The fourth-order valence-electron chi connectivity index (χ4n) is 1.73. The monoisotopic (exact) mass is 200 g/mol. The summed E-state index contributed by atoms with van der Waals surface area (Å²) in [4.78, 5) is 4.27. The van der Waals surface area contributed by atoms with Crippen molar-refractivity contribution in [3.63, 3.8) is 0 Å². The molecule has 0 fully saturated rings. The summed E-state index contributed by atoms with van der Waals surface area (Å²) in [6.07, 6.45) is 3.63. The quantitative estimate of drug-likeness (QED) is 0.826. The minimum atomic E-state index is 0.587. The lowest BCUT2D eigenvalue weighted by molar-refractivity contribution is 0.796. The van der Waals surface area contributed by atoms with E-state index in [9.17, 15) is 0 Å². The Hall–Kier alpha value is -1.57. The first-order valence-corrected chi connectivity index (χ1v) is 5.45. The van der Waals surface area contributed by atoms with E-state index in [-0.39, 0.29) is 0 Å². The van der Waals surface area contributed by atoms with Crippen molar-refractivity contribution >= 4 is 16.7 Å². The van der Waals surface area contributed by atoms with Gasteiger partial charge in [-0.05, 0) is 42.7 Å². The number of aromatic nitrogens is 1. The number of unbranched alkanes of at least 4 members (excludes halogenated alkanes) is 1. The molecule has 1 aromatic heterocycles. The Kier molecular flexibility index (Phi) is 2.86. The predicted molar refractivity (Wildman–Crippen MR) is 64.8 cm³/mol. The topological polar surface area (TPSA) is 38.9 Å². The maximum atomic E-state index is 5.63. The normalized spacial score (nSPS) is 10.7. The first-order chi connectivity index (χ1) is 7.29. The van der Waals surface area contributed by atoms with Crippen molar-refractivity contribution in [3.8, 4) is 0 Å². The fourth-order valence-corrected chi connectivity index (χ4v) is 1.73. The number of hydrogen-bond donors (Lipinski definition) is 1. The molecule has 2 nitrogen and oxygen atoms in total. The smallest absolute Gasteiger partial charge is 0.124 e. The third kappa shape index (κ3) is 2.27. The molecular weight excluding hydrogens is 184 g/mol. The van der Waals surface area contributed by atoms with Crippen LogP contribution in [-0.2, 0) is 6.42 Å². The van der Waals surface area contributed by atoms with E-state index >= 15 is 0 Å². The number of nitrogens with zero attached hydrogens (tertiary/aromatic N) is 1. The summed E-state index contributed by atoms with van der Waals surface area (Å²) in [5.41, 5.74) is 8.00. The highest BCUT2D eigenvalue weighted by atomic mass is 14.8. The van der Waals surface area contributed by atoms with E-state index in [0.29, 0.717) is 5.82 Å². The molecule has 0 aliphatic rings. The molecule has 0 saturated carbocycles. The van der Waals surface area contributed by atoms with Crippen LogP contribution in [0.15, 0.2) is 30.3 Å². The Bertz CT molecular complexity index is 463. The lowest BCUT2D eigenvalue weighted by Crippen LogP contribution is -1.91. The van der Waals surface area contributed by atoms with Crippen LogP contribution >= 0.6 is 0 Å². The number of hydrogen-bond acceptors (Lipinski definition) is 2. The van der Waals surface area contributed by atoms with Crippen molar-refractivity contribution in [1.82, 2.24) is 4.98 Å². The van der Waals surface area contributed by atoms with Crippen LogP contribution in [0.3, 0.4) is 0 Å². The molecule has 2 aromatic rings. The van der Waals surface area contributed by atoms with Crippen molar-refractivity contribution in [2.45, 2.75) is 26.2 Å². The number of rotatable bonds is 3. The van der Waals surface area contributed by atoms with Gasteiger partial charge in [0.05, 0.1) is 5.52 Å². The van der Waals surface area contributed by atoms with Crippen LogP contribution in [0, 0.1) is 0 Å². The summed E-state index contributed by atoms with van der Waals surface area (Å²) < 4.78 is 0. The molecule has 0 bridgehead atoms. The van der Waals surface area contributed by atoms with E-state index in [0.717, 1.165) is 11.9 Å². The molecule has 2 N–H and O–H groups in total. The van der Waals surface area contributed by atoms with Gasteiger partial charge < -0.3 is 5.73 Å². The highest BCUT2D eigenvalue weighted by molar-refractivity contribution is 5.80. The van der Waals surface area contributed by atoms with Gasteiger partial charge in [-0.1, -0.05) is 19.4 Å². The first-order valence-electron chi connectivity index (χ1n) is 5.45. The second-order valence-corrected chi connectivity index (χ2v) is 3.87. The van der Waals surface area contributed by atoms with E-state index in [4.69, 9.17) is 5.73 Å². The first kappa shape index (κ1) is 9.97. The van der Waals surface area contributed by atoms with Gasteiger partial charge in [-0.3, -0.25) is 0 Å². The van der Waals surface area contributed by atoms with Crippen LogP contribution in [0.25, 0.3) is 10.9 Å². The second kappa shape index (κ2) is 4.30. The molecule has 0 spiro atoms. The lowest BCUT2D eigenvalue weighted by atomic mass is 10.1. The van der Waals surface area contributed by atoms with Gasteiger partial charge in [-0.2, -0.15) is 0 Å². The Morgan fingerprint density at radius 3 is 2.87 bits per heavy atom. The van der Waals surface area contributed by atoms with Crippen molar-refractivity contribution in [2.24, 2.45) is 0 Å². The number of fused-ring (bicyclic) bond motifs is 1. The van der Waals surface area contributed by atoms with Gasteiger partial charge in [0.15, 0.2) is 0 Å². The van der Waals surface area contributed by atoms with Crippen molar-refractivity contribution in [3.05, 3.63) is 35.9 Å². The second-order valence-electron chi connectivity index (χ2n) is 3.87. The summed E-state index contributed by atoms with van der Waals surface area (Å²) in [5, 5.41) is 1.18. The van der Waals surface area contributed by atoms with Crippen LogP contribution in [0.4, 0.5) is 5.82 Å². The molecule has 0 aliphatic carbocycles. The molecule has 0 unspecified atom stereocenters. The van der Waals surface area contributed by atoms with Crippen LogP contribution in [-0.4, -0.2) is 4.98 Å². The average Bonchev–Trinajstić information content (AvgIpc) is 2.26. The molecule has 78 valence electrons. The van der Waals surface area contributed by atoms with Crippen LogP contribution in [0.1, 0.15) is 25.3 Å². The number of nitrogens with two attached hydrogens (primary N) is 1. The standard InChI is InChI=1S/C13H16N2/c1-2-3-4-10-5-7-12-11(9-10)6-8-13(14)15-12/h5-9H,2-4H2,1H3,(H2,14,15). The van der Waals surface area contributed by atoms with E-state index < -0.39 is 0 Å². The molecule has 15 heavy (non-hydrogen) atoms. The molecule has 0 aliphatic heterocycles. The number of aryl methyl sites for hydroxylation is 1. The average molecular weight is 200 g/mol. The van der Waals surface area contributed by atoms with E-state index in [1.165, 1.54) is 23.8 Å². The van der Waals surface area contributed by atoms with Gasteiger partial charge in [0.1, 0.15) is 5.82 Å². The summed E-state index contributed by atoms with van der Waals surface area (Å²) in [6.45, 7) is 2.21. The predicted octanol–water partition coefficient (Wildman–Crippen LogP) is 3.16. The number of pyridine rings is 1. The largest absolute Gasteiger partial charge is 0.384 e. The van der Waals surface area contributed by atoms with E-state index in [2.05, 4.69) is 30.1 Å². The molecule has 0 saturated heterocycles.